The highest BCUT2D eigenvalue weighted by atomic mass is 16.5. The van der Waals surface area contributed by atoms with Gasteiger partial charge in [-0.15, -0.1) is 0 Å². The third-order valence-corrected chi connectivity index (χ3v) is 5.25. The Balaban J connectivity index is 1.56. The monoisotopic (exact) mass is 381 g/mol. The van der Waals surface area contributed by atoms with E-state index in [0.717, 1.165) is 55.8 Å². The van der Waals surface area contributed by atoms with E-state index >= 15 is 0 Å². The zero-order valence-corrected chi connectivity index (χ0v) is 16.8. The molecule has 1 atom stereocenters. The molecule has 1 aromatic carbocycles. The average Bonchev–Trinajstić information content (AvgIpc) is 3.00. The summed E-state index contributed by atoms with van der Waals surface area (Å²) in [5, 5.41) is 3.44. The fraction of sp³-hybridized carbons (Fsp3) is 0.478. The van der Waals surface area contributed by atoms with E-state index in [1.807, 2.05) is 54.3 Å². The minimum atomic E-state index is 0.200. The van der Waals surface area contributed by atoms with Gasteiger partial charge in [0, 0.05) is 18.7 Å². The molecule has 1 aliphatic heterocycles. The van der Waals surface area contributed by atoms with Crippen molar-refractivity contribution < 1.29 is 9.53 Å². The maximum absolute atomic E-state index is 13.1. The Bertz CT molecular complexity index is 728. The predicted octanol–water partition coefficient (Wildman–Crippen LogP) is 3.72. The number of carbonyl (C=O) groups excluding carboxylic acids is 1. The zero-order valence-electron chi connectivity index (χ0n) is 16.8. The first-order valence-electron chi connectivity index (χ1n) is 10.3. The third-order valence-electron chi connectivity index (χ3n) is 5.25. The van der Waals surface area contributed by atoms with Crippen molar-refractivity contribution in [2.45, 2.75) is 51.6 Å². The fourth-order valence-electron chi connectivity index (χ4n) is 3.67. The molecule has 5 nitrogen and oxygen atoms in total. The molecule has 2 heterocycles. The molecule has 2 aromatic rings. The van der Waals surface area contributed by atoms with E-state index in [4.69, 9.17) is 4.74 Å². The second-order valence-corrected chi connectivity index (χ2v) is 7.39. The number of rotatable bonds is 8. The van der Waals surface area contributed by atoms with E-state index in [-0.39, 0.29) is 11.9 Å². The molecule has 1 N–H and O–H groups in total. The Morgan fingerprint density at radius 3 is 2.86 bits per heavy atom. The molecule has 1 fully saturated rings. The Morgan fingerprint density at radius 2 is 2.04 bits per heavy atom. The first-order chi connectivity index (χ1) is 13.7. The third kappa shape index (κ3) is 6.06. The maximum atomic E-state index is 13.1. The molecule has 0 bridgehead atoms. The normalized spacial score (nSPS) is 17.0. The van der Waals surface area contributed by atoms with Crippen LogP contribution in [0.25, 0.3) is 0 Å². The van der Waals surface area contributed by atoms with Gasteiger partial charge >= 0.3 is 0 Å². The SMILES string of the molecule is Cc1ccccc1OCCCC(=O)N(Cc1ccccn1)C1CCCNCC1. The summed E-state index contributed by atoms with van der Waals surface area (Å²) >= 11 is 0. The number of hydrogen-bond donors (Lipinski definition) is 1. The van der Waals surface area contributed by atoms with Crippen LogP contribution in [0.5, 0.6) is 5.75 Å². The maximum Gasteiger partial charge on any atom is 0.223 e. The van der Waals surface area contributed by atoms with Crippen molar-refractivity contribution in [3.05, 3.63) is 59.9 Å². The summed E-state index contributed by atoms with van der Waals surface area (Å²) in [6, 6.07) is 14.2. The second kappa shape index (κ2) is 10.8. The smallest absolute Gasteiger partial charge is 0.223 e. The number of aryl methyl sites for hydroxylation is 1. The van der Waals surface area contributed by atoms with E-state index in [2.05, 4.69) is 10.3 Å². The molecule has 1 aromatic heterocycles. The van der Waals surface area contributed by atoms with Gasteiger partial charge < -0.3 is 15.0 Å². The number of ether oxygens (including phenoxy) is 1. The van der Waals surface area contributed by atoms with Crippen LogP contribution in [0.15, 0.2) is 48.7 Å². The van der Waals surface area contributed by atoms with Crippen LogP contribution in [-0.2, 0) is 11.3 Å². The van der Waals surface area contributed by atoms with E-state index in [1.54, 1.807) is 6.20 Å². The number of para-hydroxylation sites is 1. The molecule has 28 heavy (non-hydrogen) atoms. The summed E-state index contributed by atoms with van der Waals surface area (Å²) in [5.41, 5.74) is 2.07. The summed E-state index contributed by atoms with van der Waals surface area (Å²) in [5.74, 6) is 1.10. The Kier molecular flexibility index (Phi) is 7.85. The predicted molar refractivity (Wildman–Crippen MR) is 111 cm³/mol. The van der Waals surface area contributed by atoms with Gasteiger partial charge in [-0.25, -0.2) is 0 Å². The summed E-state index contributed by atoms with van der Waals surface area (Å²) < 4.78 is 5.86. The van der Waals surface area contributed by atoms with Gasteiger partial charge in [0.05, 0.1) is 18.8 Å². The van der Waals surface area contributed by atoms with Gasteiger partial charge in [-0.1, -0.05) is 24.3 Å². The lowest BCUT2D eigenvalue weighted by atomic mass is 10.1. The van der Waals surface area contributed by atoms with Crippen LogP contribution in [0.4, 0.5) is 0 Å². The second-order valence-electron chi connectivity index (χ2n) is 7.39. The summed E-state index contributed by atoms with van der Waals surface area (Å²) in [6.45, 7) is 5.18. The van der Waals surface area contributed by atoms with Gasteiger partial charge in [0.15, 0.2) is 0 Å². The number of aromatic nitrogens is 1. The van der Waals surface area contributed by atoms with Crippen LogP contribution in [0, 0.1) is 6.92 Å². The fourth-order valence-corrected chi connectivity index (χ4v) is 3.67. The summed E-state index contributed by atoms with van der Waals surface area (Å²) in [7, 11) is 0. The number of carbonyl (C=O) groups is 1. The molecule has 1 unspecified atom stereocenters. The van der Waals surface area contributed by atoms with Crippen LogP contribution in [0.1, 0.15) is 43.4 Å². The first kappa shape index (κ1) is 20.3. The minimum absolute atomic E-state index is 0.200. The highest BCUT2D eigenvalue weighted by Gasteiger charge is 2.24. The minimum Gasteiger partial charge on any atom is -0.493 e. The molecular weight excluding hydrogens is 350 g/mol. The van der Waals surface area contributed by atoms with Gasteiger partial charge in [-0.3, -0.25) is 9.78 Å². The standard InChI is InChI=1S/C23H31N3O2/c1-19-8-2-3-11-22(19)28-17-7-12-23(27)26(18-20-9-4-5-15-25-20)21-10-6-14-24-16-13-21/h2-5,8-9,11,15,21,24H,6-7,10,12-14,16-18H2,1H3. The number of nitrogens with one attached hydrogen (secondary N) is 1. The van der Waals surface area contributed by atoms with E-state index in [1.165, 1.54) is 0 Å². The molecule has 150 valence electrons. The quantitative estimate of drug-likeness (QED) is 0.708. The lowest BCUT2D eigenvalue weighted by Crippen LogP contribution is -2.40. The topological polar surface area (TPSA) is 54.5 Å². The van der Waals surface area contributed by atoms with Gasteiger partial charge in [0.1, 0.15) is 5.75 Å². The highest BCUT2D eigenvalue weighted by molar-refractivity contribution is 5.76. The van der Waals surface area contributed by atoms with Crippen LogP contribution in [0.3, 0.4) is 0 Å². The summed E-state index contributed by atoms with van der Waals surface area (Å²) in [6.07, 6.45) is 6.17. The lowest BCUT2D eigenvalue weighted by Gasteiger charge is -2.31. The largest absolute Gasteiger partial charge is 0.493 e. The summed E-state index contributed by atoms with van der Waals surface area (Å²) in [4.78, 5) is 19.5. The molecule has 0 aliphatic carbocycles. The van der Waals surface area contributed by atoms with Crippen LogP contribution >= 0.6 is 0 Å². The highest BCUT2D eigenvalue weighted by Crippen LogP contribution is 2.19. The zero-order chi connectivity index (χ0) is 19.6. The molecule has 5 heteroatoms. The molecule has 0 spiro atoms. The number of nitrogens with zero attached hydrogens (tertiary/aromatic N) is 2. The lowest BCUT2D eigenvalue weighted by molar-refractivity contribution is -0.134. The molecule has 0 saturated carbocycles. The Labute approximate surface area is 168 Å². The molecule has 0 radical (unpaired) electrons. The Morgan fingerprint density at radius 1 is 1.18 bits per heavy atom. The van der Waals surface area contributed by atoms with Crippen molar-refractivity contribution >= 4 is 5.91 Å². The molecule has 1 aliphatic rings. The van der Waals surface area contributed by atoms with Crippen molar-refractivity contribution in [3.63, 3.8) is 0 Å². The molecule has 1 amide bonds. The molecule has 3 rings (SSSR count). The van der Waals surface area contributed by atoms with E-state index in [9.17, 15) is 4.79 Å². The Hall–Kier alpha value is -2.40. The van der Waals surface area contributed by atoms with Crippen LogP contribution in [-0.4, -0.2) is 41.5 Å². The van der Waals surface area contributed by atoms with Gasteiger partial charge in [0.25, 0.3) is 0 Å². The van der Waals surface area contributed by atoms with Crippen molar-refractivity contribution in [1.29, 1.82) is 0 Å². The number of hydrogen-bond acceptors (Lipinski definition) is 4. The van der Waals surface area contributed by atoms with Crippen molar-refractivity contribution in [1.82, 2.24) is 15.2 Å². The van der Waals surface area contributed by atoms with Gasteiger partial charge in [0.2, 0.25) is 5.91 Å². The average molecular weight is 382 g/mol. The molecular formula is C23H31N3O2. The van der Waals surface area contributed by atoms with Crippen molar-refractivity contribution in [2.24, 2.45) is 0 Å². The van der Waals surface area contributed by atoms with E-state index < -0.39 is 0 Å². The number of pyridine rings is 1. The van der Waals surface area contributed by atoms with Gasteiger partial charge in [-0.05, 0) is 69.5 Å². The molecule has 1 saturated heterocycles. The number of benzene rings is 1. The van der Waals surface area contributed by atoms with Crippen LogP contribution in [0.2, 0.25) is 0 Å². The number of amides is 1. The van der Waals surface area contributed by atoms with Crippen molar-refractivity contribution in [3.8, 4) is 5.75 Å². The van der Waals surface area contributed by atoms with E-state index in [0.29, 0.717) is 19.6 Å². The van der Waals surface area contributed by atoms with Crippen molar-refractivity contribution in [2.75, 3.05) is 19.7 Å². The van der Waals surface area contributed by atoms with Crippen LogP contribution < -0.4 is 10.1 Å². The van der Waals surface area contributed by atoms with Gasteiger partial charge in [-0.2, -0.15) is 0 Å². The first-order valence-corrected chi connectivity index (χ1v) is 10.3.